The van der Waals surface area contributed by atoms with Gasteiger partial charge in [0.25, 0.3) is 0 Å². The van der Waals surface area contributed by atoms with E-state index in [0.29, 0.717) is 6.04 Å². The topological polar surface area (TPSA) is 24.9 Å². The summed E-state index contributed by atoms with van der Waals surface area (Å²) in [4.78, 5) is 4.64. The molecule has 1 unspecified atom stereocenters. The molecule has 0 radical (unpaired) electrons. The van der Waals surface area contributed by atoms with Gasteiger partial charge in [0.1, 0.15) is 0 Å². The van der Waals surface area contributed by atoms with Crippen LogP contribution in [0.3, 0.4) is 0 Å². The number of hydrogen-bond acceptors (Lipinski definition) is 2. The molecule has 20 heavy (non-hydrogen) atoms. The Labute approximate surface area is 124 Å². The molecule has 0 aromatic carbocycles. The summed E-state index contributed by atoms with van der Waals surface area (Å²) < 4.78 is 0. The lowest BCUT2D eigenvalue weighted by atomic mass is 9.76. The van der Waals surface area contributed by atoms with E-state index in [0.717, 1.165) is 18.4 Å². The smallest absolute Gasteiger partial charge is 0.0578 e. The van der Waals surface area contributed by atoms with E-state index >= 15 is 0 Å². The average Bonchev–Trinajstić information content (AvgIpc) is 2.48. The molecule has 0 aliphatic heterocycles. The van der Waals surface area contributed by atoms with Crippen LogP contribution in [0.4, 0.5) is 0 Å². The lowest BCUT2D eigenvalue weighted by molar-refractivity contribution is 0.216. The first-order chi connectivity index (χ1) is 9.74. The van der Waals surface area contributed by atoms with Crippen molar-refractivity contribution in [3.05, 3.63) is 29.6 Å². The van der Waals surface area contributed by atoms with E-state index in [9.17, 15) is 0 Å². The summed E-state index contributed by atoms with van der Waals surface area (Å²) in [5.41, 5.74) is 2.57. The van der Waals surface area contributed by atoms with Gasteiger partial charge in [-0.25, -0.2) is 0 Å². The van der Waals surface area contributed by atoms with Gasteiger partial charge in [-0.15, -0.1) is 0 Å². The third kappa shape index (κ3) is 4.05. The van der Waals surface area contributed by atoms with E-state index in [1.54, 1.807) is 0 Å². The number of hydrogen-bond donors (Lipinski definition) is 1. The monoisotopic (exact) mass is 274 g/mol. The number of nitrogens with zero attached hydrogens (tertiary/aromatic N) is 1. The Morgan fingerprint density at radius 2 is 2.00 bits per heavy atom. The van der Waals surface area contributed by atoms with Crippen LogP contribution in [0.15, 0.2) is 18.3 Å². The second kappa shape index (κ2) is 7.78. The summed E-state index contributed by atoms with van der Waals surface area (Å²) in [5, 5.41) is 3.75. The molecule has 1 aromatic rings. The molecule has 1 heterocycles. The number of aryl methyl sites for hydroxylation is 1. The Hall–Kier alpha value is -0.890. The van der Waals surface area contributed by atoms with Crippen molar-refractivity contribution in [2.45, 2.75) is 65.3 Å². The summed E-state index contributed by atoms with van der Waals surface area (Å²) in [6, 6.07) is 4.81. The zero-order valence-electron chi connectivity index (χ0n) is 13.4. The molecule has 2 nitrogen and oxygen atoms in total. The summed E-state index contributed by atoms with van der Waals surface area (Å²) in [5.74, 6) is 1.72. The minimum atomic E-state index is 0.452. The van der Waals surface area contributed by atoms with Crippen LogP contribution in [0.5, 0.6) is 0 Å². The lowest BCUT2D eigenvalue weighted by Crippen LogP contribution is -2.32. The molecule has 0 saturated heterocycles. The average molecular weight is 274 g/mol. The van der Waals surface area contributed by atoms with E-state index in [-0.39, 0.29) is 0 Å². The molecular weight excluding hydrogens is 244 g/mol. The number of aromatic nitrogens is 1. The predicted octanol–water partition coefficient (Wildman–Crippen LogP) is 4.65. The Morgan fingerprint density at radius 3 is 2.60 bits per heavy atom. The molecular formula is C18H30N2. The summed E-state index contributed by atoms with van der Waals surface area (Å²) in [6.45, 7) is 7.83. The van der Waals surface area contributed by atoms with Crippen LogP contribution in [0.25, 0.3) is 0 Å². The molecule has 1 atom stereocenters. The predicted molar refractivity (Wildman–Crippen MR) is 85.7 cm³/mol. The molecule has 2 rings (SSSR count). The van der Waals surface area contributed by atoms with Gasteiger partial charge >= 0.3 is 0 Å². The third-order valence-electron chi connectivity index (χ3n) is 4.81. The van der Waals surface area contributed by atoms with E-state index in [4.69, 9.17) is 0 Å². The van der Waals surface area contributed by atoms with Gasteiger partial charge in [-0.2, -0.15) is 0 Å². The second-order valence-electron chi connectivity index (χ2n) is 6.38. The second-order valence-corrected chi connectivity index (χ2v) is 6.38. The van der Waals surface area contributed by atoms with Crippen LogP contribution in [-0.4, -0.2) is 11.5 Å². The van der Waals surface area contributed by atoms with Crippen molar-refractivity contribution in [3.8, 4) is 0 Å². The minimum absolute atomic E-state index is 0.452. The van der Waals surface area contributed by atoms with Gasteiger partial charge in [-0.3, -0.25) is 4.98 Å². The highest BCUT2D eigenvalue weighted by atomic mass is 14.9. The highest BCUT2D eigenvalue weighted by Crippen LogP contribution is 2.37. The molecule has 1 fully saturated rings. The molecule has 0 spiro atoms. The minimum Gasteiger partial charge on any atom is -0.308 e. The molecule has 2 heteroatoms. The Morgan fingerprint density at radius 1 is 1.25 bits per heavy atom. The molecule has 1 saturated carbocycles. The first-order valence-corrected chi connectivity index (χ1v) is 8.40. The van der Waals surface area contributed by atoms with Crippen molar-refractivity contribution in [2.75, 3.05) is 6.54 Å². The molecule has 0 amide bonds. The van der Waals surface area contributed by atoms with E-state index in [1.165, 1.54) is 49.8 Å². The number of rotatable bonds is 6. The maximum Gasteiger partial charge on any atom is 0.0578 e. The highest BCUT2D eigenvalue weighted by molar-refractivity contribution is 5.18. The van der Waals surface area contributed by atoms with Crippen LogP contribution in [0.1, 0.15) is 69.7 Å². The number of nitrogens with one attached hydrogen (secondary N) is 1. The van der Waals surface area contributed by atoms with E-state index in [2.05, 4.69) is 43.2 Å². The molecule has 112 valence electrons. The molecule has 1 aromatic heterocycles. The van der Waals surface area contributed by atoms with Crippen LogP contribution in [-0.2, 0) is 0 Å². The quantitative estimate of drug-likeness (QED) is 0.817. The Bertz CT molecular complexity index is 394. The van der Waals surface area contributed by atoms with Crippen molar-refractivity contribution in [1.82, 2.24) is 10.3 Å². The Balaban J connectivity index is 2.07. The SMILES string of the molecule is CCCNC(c1cc(C)ccn1)C1CCC(CC)CC1. The van der Waals surface area contributed by atoms with Gasteiger partial charge < -0.3 is 5.32 Å². The van der Waals surface area contributed by atoms with Gasteiger partial charge in [0.2, 0.25) is 0 Å². The van der Waals surface area contributed by atoms with Gasteiger partial charge in [0, 0.05) is 6.20 Å². The summed E-state index contributed by atoms with van der Waals surface area (Å²) >= 11 is 0. The van der Waals surface area contributed by atoms with E-state index < -0.39 is 0 Å². The highest BCUT2D eigenvalue weighted by Gasteiger charge is 2.28. The van der Waals surface area contributed by atoms with Gasteiger partial charge in [-0.1, -0.05) is 33.1 Å². The first kappa shape index (κ1) is 15.5. The largest absolute Gasteiger partial charge is 0.308 e. The molecule has 0 bridgehead atoms. The Kier molecular flexibility index (Phi) is 6.03. The molecule has 1 aliphatic carbocycles. The van der Waals surface area contributed by atoms with Crippen molar-refractivity contribution < 1.29 is 0 Å². The van der Waals surface area contributed by atoms with Gasteiger partial charge in [0.15, 0.2) is 0 Å². The van der Waals surface area contributed by atoms with Crippen molar-refractivity contribution in [1.29, 1.82) is 0 Å². The standard InChI is InChI=1S/C18H30N2/c1-4-11-20-18(17-13-14(3)10-12-19-17)16-8-6-15(5-2)7-9-16/h10,12-13,15-16,18,20H,4-9,11H2,1-3H3. The van der Waals surface area contributed by atoms with Crippen molar-refractivity contribution >= 4 is 0 Å². The van der Waals surface area contributed by atoms with Crippen LogP contribution in [0.2, 0.25) is 0 Å². The van der Waals surface area contributed by atoms with Crippen LogP contribution >= 0.6 is 0 Å². The number of pyridine rings is 1. The fourth-order valence-corrected chi connectivity index (χ4v) is 3.47. The fraction of sp³-hybridized carbons (Fsp3) is 0.722. The molecule has 1 aliphatic rings. The van der Waals surface area contributed by atoms with Crippen molar-refractivity contribution in [3.63, 3.8) is 0 Å². The van der Waals surface area contributed by atoms with Gasteiger partial charge in [-0.05, 0) is 62.3 Å². The normalized spacial score (nSPS) is 24.6. The zero-order valence-corrected chi connectivity index (χ0v) is 13.4. The maximum atomic E-state index is 4.64. The maximum absolute atomic E-state index is 4.64. The van der Waals surface area contributed by atoms with Gasteiger partial charge in [0.05, 0.1) is 11.7 Å². The first-order valence-electron chi connectivity index (χ1n) is 8.40. The zero-order chi connectivity index (χ0) is 14.4. The molecule has 1 N–H and O–H groups in total. The van der Waals surface area contributed by atoms with Crippen molar-refractivity contribution in [2.24, 2.45) is 11.8 Å². The summed E-state index contributed by atoms with van der Waals surface area (Å²) in [7, 11) is 0. The fourth-order valence-electron chi connectivity index (χ4n) is 3.47. The third-order valence-corrected chi connectivity index (χ3v) is 4.81. The van der Waals surface area contributed by atoms with E-state index in [1.807, 2.05) is 6.20 Å². The van der Waals surface area contributed by atoms with Crippen LogP contribution < -0.4 is 5.32 Å². The summed E-state index contributed by atoms with van der Waals surface area (Å²) in [6.07, 6.45) is 10.0. The lowest BCUT2D eigenvalue weighted by Gasteiger charge is -2.34. The van der Waals surface area contributed by atoms with Crippen LogP contribution in [0, 0.1) is 18.8 Å².